The Labute approximate surface area is 257 Å². The van der Waals surface area contributed by atoms with E-state index in [0.717, 1.165) is 48.9 Å². The Morgan fingerprint density at radius 2 is 1.95 bits per heavy atom. The number of ether oxygens (including phenoxy) is 2. The second kappa shape index (κ2) is 15.4. The maximum atomic E-state index is 14.6. The predicted molar refractivity (Wildman–Crippen MR) is 164 cm³/mol. The summed E-state index contributed by atoms with van der Waals surface area (Å²) in [4.78, 5) is 14.6. The van der Waals surface area contributed by atoms with Crippen LogP contribution in [0, 0.1) is 17.7 Å². The topological polar surface area (TPSA) is 95.1 Å². The molecule has 44 heavy (non-hydrogen) atoms. The van der Waals surface area contributed by atoms with Gasteiger partial charge in [-0.25, -0.2) is 4.39 Å². The molecule has 0 radical (unpaired) electrons. The standard InChI is InChI=1S/C31H36F4N4O4S/c1-36-30(41)22-17-27(43-16-14-40)26(18-24(22)32)37-10-4-7-28-23(19-31(33,34)35)21-5-3-6-25(29(21)44-28)38-20-8-11-39(12-9-20)13-15-42-2/h3,5-6,17-18,20,37-38,40H,8-16,19H2,1-2H3,(H,36,41). The average molecular weight is 637 g/mol. The molecule has 3 aromatic rings. The van der Waals surface area contributed by atoms with Crippen LogP contribution in [0.15, 0.2) is 30.3 Å². The number of hydrogen-bond donors (Lipinski definition) is 4. The Morgan fingerprint density at radius 1 is 1.18 bits per heavy atom. The summed E-state index contributed by atoms with van der Waals surface area (Å²) in [6.07, 6.45) is -3.72. The second-order valence-corrected chi connectivity index (χ2v) is 11.3. The van der Waals surface area contributed by atoms with Crippen LogP contribution in [-0.2, 0) is 11.2 Å². The van der Waals surface area contributed by atoms with Crippen molar-refractivity contribution in [2.24, 2.45) is 0 Å². The highest BCUT2D eigenvalue weighted by Gasteiger charge is 2.31. The Morgan fingerprint density at radius 3 is 2.64 bits per heavy atom. The molecular formula is C31H36F4N4O4S. The zero-order valence-electron chi connectivity index (χ0n) is 24.6. The number of piperidine rings is 1. The number of hydrogen-bond acceptors (Lipinski definition) is 8. The van der Waals surface area contributed by atoms with Crippen LogP contribution in [0.4, 0.5) is 28.9 Å². The van der Waals surface area contributed by atoms with E-state index in [1.54, 1.807) is 19.2 Å². The number of nitrogens with zero attached hydrogens (tertiary/aromatic N) is 1. The van der Waals surface area contributed by atoms with Crippen molar-refractivity contribution in [3.63, 3.8) is 0 Å². The molecule has 1 amide bonds. The molecule has 1 aliphatic rings. The summed E-state index contributed by atoms with van der Waals surface area (Å²) in [6, 6.07) is 7.82. The van der Waals surface area contributed by atoms with E-state index in [9.17, 15) is 22.4 Å². The molecule has 0 atom stereocenters. The number of amides is 1. The van der Waals surface area contributed by atoms with Gasteiger partial charge >= 0.3 is 6.18 Å². The Bertz CT molecular complexity index is 1490. The highest BCUT2D eigenvalue weighted by atomic mass is 32.1. The van der Waals surface area contributed by atoms with E-state index < -0.39 is 24.3 Å². The van der Waals surface area contributed by atoms with Gasteiger partial charge in [-0.1, -0.05) is 24.0 Å². The smallest absolute Gasteiger partial charge is 0.393 e. The minimum atomic E-state index is -4.43. The highest BCUT2D eigenvalue weighted by Crippen LogP contribution is 2.39. The fourth-order valence-electron chi connectivity index (χ4n) is 5.04. The molecule has 2 aromatic carbocycles. The number of methoxy groups -OCH3 is 1. The number of benzene rings is 2. The molecule has 0 bridgehead atoms. The molecule has 13 heteroatoms. The van der Waals surface area contributed by atoms with Gasteiger partial charge in [0.05, 0.1) is 52.7 Å². The minimum absolute atomic E-state index is 0.0410. The van der Waals surface area contributed by atoms with Crippen molar-refractivity contribution in [1.29, 1.82) is 0 Å². The van der Waals surface area contributed by atoms with Crippen molar-refractivity contribution < 1.29 is 36.9 Å². The number of rotatable bonds is 12. The summed E-state index contributed by atoms with van der Waals surface area (Å²) in [6.45, 7) is 2.93. The van der Waals surface area contributed by atoms with Crippen LogP contribution < -0.4 is 20.7 Å². The zero-order chi connectivity index (χ0) is 31.7. The van der Waals surface area contributed by atoms with E-state index in [1.165, 1.54) is 24.5 Å². The van der Waals surface area contributed by atoms with Gasteiger partial charge in [-0.3, -0.25) is 4.79 Å². The van der Waals surface area contributed by atoms with Crippen molar-refractivity contribution >= 4 is 38.7 Å². The summed E-state index contributed by atoms with van der Waals surface area (Å²) in [5.74, 6) is 4.42. The van der Waals surface area contributed by atoms with Crippen LogP contribution in [-0.4, -0.2) is 88.3 Å². The number of nitrogens with one attached hydrogen (secondary N) is 3. The fourth-order valence-corrected chi connectivity index (χ4v) is 6.21. The number of aliphatic hydroxyl groups is 1. The molecule has 1 fully saturated rings. The third-order valence-electron chi connectivity index (χ3n) is 7.21. The lowest BCUT2D eigenvalue weighted by Crippen LogP contribution is -2.40. The quantitative estimate of drug-likeness (QED) is 0.167. The minimum Gasteiger partial charge on any atom is -0.489 e. The first-order chi connectivity index (χ1) is 21.1. The average Bonchev–Trinajstić information content (AvgIpc) is 3.34. The van der Waals surface area contributed by atoms with Gasteiger partial charge < -0.3 is 35.4 Å². The highest BCUT2D eigenvalue weighted by molar-refractivity contribution is 7.20. The van der Waals surface area contributed by atoms with Crippen molar-refractivity contribution in [3.05, 3.63) is 52.2 Å². The molecule has 1 aromatic heterocycles. The molecule has 0 aliphatic carbocycles. The summed E-state index contributed by atoms with van der Waals surface area (Å²) in [5.41, 5.74) is 0.857. The van der Waals surface area contributed by atoms with Crippen molar-refractivity contribution in [3.8, 4) is 17.6 Å². The Balaban J connectivity index is 1.56. The number of halogens is 4. The van der Waals surface area contributed by atoms with E-state index >= 15 is 0 Å². The molecule has 1 aliphatic heterocycles. The summed E-state index contributed by atoms with van der Waals surface area (Å²) in [7, 11) is 3.05. The SMILES string of the molecule is CNC(=O)c1cc(OCCO)c(NCC#Cc2sc3c(NC4CCN(CCOC)CC4)cccc3c2CC(F)(F)F)cc1F. The molecule has 8 nitrogen and oxygen atoms in total. The third kappa shape index (κ3) is 8.75. The molecule has 238 valence electrons. The van der Waals surface area contributed by atoms with Gasteiger partial charge in [-0.05, 0) is 35.9 Å². The summed E-state index contributed by atoms with van der Waals surface area (Å²) >= 11 is 1.21. The van der Waals surface area contributed by atoms with Crippen molar-refractivity contribution in [1.82, 2.24) is 10.2 Å². The largest absolute Gasteiger partial charge is 0.489 e. The monoisotopic (exact) mass is 636 g/mol. The third-order valence-corrected chi connectivity index (χ3v) is 8.41. The van der Waals surface area contributed by atoms with E-state index in [1.807, 2.05) is 6.07 Å². The van der Waals surface area contributed by atoms with Crippen LogP contribution in [0.1, 0.15) is 33.6 Å². The molecule has 1 saturated heterocycles. The molecule has 4 N–H and O–H groups in total. The van der Waals surface area contributed by atoms with Gasteiger partial charge in [0.1, 0.15) is 18.2 Å². The first-order valence-electron chi connectivity index (χ1n) is 14.2. The first kappa shape index (κ1) is 33.3. The number of aliphatic hydroxyl groups excluding tert-OH is 1. The van der Waals surface area contributed by atoms with E-state index in [4.69, 9.17) is 14.6 Å². The second-order valence-electron chi connectivity index (χ2n) is 10.3. The maximum Gasteiger partial charge on any atom is 0.393 e. The lowest BCUT2D eigenvalue weighted by molar-refractivity contribution is -0.126. The lowest BCUT2D eigenvalue weighted by atomic mass is 10.0. The van der Waals surface area contributed by atoms with Gasteiger partial charge in [0.15, 0.2) is 0 Å². The zero-order valence-corrected chi connectivity index (χ0v) is 25.4. The number of alkyl halides is 3. The van der Waals surface area contributed by atoms with Gasteiger partial charge in [-0.15, -0.1) is 11.3 Å². The predicted octanol–water partition coefficient (Wildman–Crippen LogP) is 4.86. The Hall–Kier alpha value is -3.57. The lowest BCUT2D eigenvalue weighted by Gasteiger charge is -2.32. The number of thiophene rings is 1. The maximum absolute atomic E-state index is 14.6. The first-order valence-corrected chi connectivity index (χ1v) is 15.1. The summed E-state index contributed by atoms with van der Waals surface area (Å²) in [5, 5.41) is 18.5. The molecular weight excluding hydrogens is 600 g/mol. The van der Waals surface area contributed by atoms with Crippen LogP contribution in [0.25, 0.3) is 10.1 Å². The molecule has 0 unspecified atom stereocenters. The van der Waals surface area contributed by atoms with E-state index in [2.05, 4.69) is 32.7 Å². The van der Waals surface area contributed by atoms with Gasteiger partial charge in [0.2, 0.25) is 0 Å². The van der Waals surface area contributed by atoms with Crippen LogP contribution in [0.2, 0.25) is 0 Å². The number of anilines is 2. The van der Waals surface area contributed by atoms with Gasteiger partial charge in [-0.2, -0.15) is 13.2 Å². The van der Waals surface area contributed by atoms with Crippen molar-refractivity contribution in [2.75, 3.05) is 70.8 Å². The van der Waals surface area contributed by atoms with Crippen LogP contribution >= 0.6 is 11.3 Å². The Kier molecular flexibility index (Phi) is 11.7. The van der Waals surface area contributed by atoms with Crippen LogP contribution in [0.5, 0.6) is 5.75 Å². The molecule has 0 saturated carbocycles. The normalized spacial score (nSPS) is 14.2. The molecule has 2 heterocycles. The number of fused-ring (bicyclic) bond motifs is 1. The number of carbonyl (C=O) groups is 1. The van der Waals surface area contributed by atoms with E-state index in [-0.39, 0.29) is 48.4 Å². The summed E-state index contributed by atoms with van der Waals surface area (Å²) < 4.78 is 66.9. The van der Waals surface area contributed by atoms with E-state index in [0.29, 0.717) is 16.9 Å². The fraction of sp³-hybridized carbons (Fsp3) is 0.452. The van der Waals surface area contributed by atoms with Gasteiger partial charge in [0.25, 0.3) is 5.91 Å². The number of carbonyl (C=O) groups excluding carboxylic acids is 1. The number of likely N-dealkylation sites (tertiary alicyclic amines) is 1. The van der Waals surface area contributed by atoms with Gasteiger partial charge in [0, 0.05) is 45.9 Å². The molecule has 0 spiro atoms. The molecule has 4 rings (SSSR count). The van der Waals surface area contributed by atoms with Crippen LogP contribution in [0.3, 0.4) is 0 Å². The van der Waals surface area contributed by atoms with Crippen molar-refractivity contribution in [2.45, 2.75) is 31.5 Å².